The number of nitriles is 1. The van der Waals surface area contributed by atoms with Crippen LogP contribution in [-0.4, -0.2) is 15.1 Å². The lowest BCUT2D eigenvalue weighted by Gasteiger charge is -1.97. The van der Waals surface area contributed by atoms with Crippen LogP contribution in [0, 0.1) is 11.3 Å². The summed E-state index contributed by atoms with van der Waals surface area (Å²) in [5, 5.41) is 13.5. The highest BCUT2D eigenvalue weighted by Gasteiger charge is 2.13. The smallest absolute Gasteiger partial charge is 0.259 e. The molecule has 0 saturated carbocycles. The second kappa shape index (κ2) is 5.00. The molecule has 0 unspecified atom stereocenters. The summed E-state index contributed by atoms with van der Waals surface area (Å²) in [6.45, 7) is 0. The molecule has 0 aliphatic rings. The average molecular weight is 305 g/mol. The number of halogens is 2. The molecule has 0 atom stereocenters. The molecular formula is C13H6Cl2N4O. The van der Waals surface area contributed by atoms with Gasteiger partial charge in [-0.15, -0.1) is 0 Å². The Bertz CT molecular complexity index is 816. The quantitative estimate of drug-likeness (QED) is 0.778. The normalized spacial score (nSPS) is 10.4. The lowest BCUT2D eigenvalue weighted by Crippen LogP contribution is -1.81. The highest BCUT2D eigenvalue weighted by molar-refractivity contribution is 6.42. The Labute approximate surface area is 123 Å². The minimum absolute atomic E-state index is 0.323. The van der Waals surface area contributed by atoms with Gasteiger partial charge in [-0.3, -0.25) is 0 Å². The molecule has 0 aliphatic carbocycles. The predicted molar refractivity (Wildman–Crippen MR) is 74.3 cm³/mol. The van der Waals surface area contributed by atoms with Gasteiger partial charge in [-0.1, -0.05) is 28.4 Å². The van der Waals surface area contributed by atoms with Crippen molar-refractivity contribution in [3.8, 4) is 28.9 Å². The van der Waals surface area contributed by atoms with Crippen LogP contribution in [0.5, 0.6) is 0 Å². The number of rotatable bonds is 2. The van der Waals surface area contributed by atoms with E-state index in [9.17, 15) is 0 Å². The van der Waals surface area contributed by atoms with Crippen LogP contribution in [0.15, 0.2) is 35.0 Å². The van der Waals surface area contributed by atoms with Crippen LogP contribution in [0.1, 0.15) is 5.69 Å². The van der Waals surface area contributed by atoms with Crippen LogP contribution >= 0.6 is 23.2 Å². The van der Waals surface area contributed by atoms with E-state index in [0.717, 1.165) is 0 Å². The van der Waals surface area contributed by atoms with E-state index in [4.69, 9.17) is 33.0 Å². The summed E-state index contributed by atoms with van der Waals surface area (Å²) >= 11 is 11.8. The van der Waals surface area contributed by atoms with Gasteiger partial charge in [-0.25, -0.2) is 0 Å². The maximum absolute atomic E-state index is 8.76. The fraction of sp³-hybridized carbons (Fsp3) is 0. The van der Waals surface area contributed by atoms with Gasteiger partial charge in [0.15, 0.2) is 0 Å². The summed E-state index contributed by atoms with van der Waals surface area (Å²) in [6, 6.07) is 8.70. The molecular weight excluding hydrogens is 299 g/mol. The molecule has 0 amide bonds. The van der Waals surface area contributed by atoms with Crippen molar-refractivity contribution in [2.24, 2.45) is 0 Å². The molecule has 0 bridgehead atoms. The molecule has 3 rings (SSSR count). The van der Waals surface area contributed by atoms with Crippen molar-refractivity contribution in [2.75, 3.05) is 0 Å². The average Bonchev–Trinajstić information content (AvgIpc) is 3.09. The second-order valence-electron chi connectivity index (χ2n) is 3.97. The van der Waals surface area contributed by atoms with Gasteiger partial charge in [0.05, 0.1) is 15.6 Å². The van der Waals surface area contributed by atoms with Crippen LogP contribution < -0.4 is 0 Å². The monoisotopic (exact) mass is 304 g/mol. The molecule has 0 aliphatic heterocycles. The van der Waals surface area contributed by atoms with Gasteiger partial charge in [0, 0.05) is 11.8 Å². The topological polar surface area (TPSA) is 78.5 Å². The molecule has 20 heavy (non-hydrogen) atoms. The molecule has 3 aromatic rings. The Morgan fingerprint density at radius 3 is 2.70 bits per heavy atom. The summed E-state index contributed by atoms with van der Waals surface area (Å²) in [5.41, 5.74) is 1.78. The number of nitrogens with zero attached hydrogens (tertiary/aromatic N) is 3. The van der Waals surface area contributed by atoms with Gasteiger partial charge in [-0.05, 0) is 24.3 Å². The van der Waals surface area contributed by atoms with Crippen molar-refractivity contribution in [2.45, 2.75) is 0 Å². The first-order valence-electron chi connectivity index (χ1n) is 5.55. The molecule has 1 aromatic carbocycles. The van der Waals surface area contributed by atoms with Crippen LogP contribution in [0.3, 0.4) is 0 Å². The summed E-state index contributed by atoms with van der Waals surface area (Å²) in [4.78, 5) is 7.05. The van der Waals surface area contributed by atoms with Crippen molar-refractivity contribution >= 4 is 23.2 Å². The summed E-state index contributed by atoms with van der Waals surface area (Å²) in [7, 11) is 0. The van der Waals surface area contributed by atoms with Crippen molar-refractivity contribution in [3.63, 3.8) is 0 Å². The van der Waals surface area contributed by atoms with Crippen LogP contribution in [0.2, 0.25) is 10.0 Å². The molecule has 5 nitrogen and oxygen atoms in total. The van der Waals surface area contributed by atoms with E-state index < -0.39 is 0 Å². The highest BCUT2D eigenvalue weighted by atomic mass is 35.5. The number of hydrogen-bond acceptors (Lipinski definition) is 4. The molecule has 98 valence electrons. The van der Waals surface area contributed by atoms with Gasteiger partial charge in [-0.2, -0.15) is 10.2 Å². The zero-order valence-electron chi connectivity index (χ0n) is 9.89. The summed E-state index contributed by atoms with van der Waals surface area (Å²) in [5.74, 6) is 0.724. The molecule has 0 radical (unpaired) electrons. The van der Waals surface area contributed by atoms with Gasteiger partial charge in [0.1, 0.15) is 11.8 Å². The fourth-order valence-corrected chi connectivity index (χ4v) is 1.97. The van der Waals surface area contributed by atoms with E-state index >= 15 is 0 Å². The van der Waals surface area contributed by atoms with Gasteiger partial charge in [0.2, 0.25) is 5.82 Å². The Balaban J connectivity index is 1.97. The lowest BCUT2D eigenvalue weighted by atomic mass is 10.2. The SMILES string of the molecule is N#Cc1cc(-c2nc(-c3ccc(Cl)c(Cl)c3)no2)c[nH]1. The maximum atomic E-state index is 8.76. The number of aromatic nitrogens is 3. The third-order valence-corrected chi connectivity index (χ3v) is 3.39. The summed E-state index contributed by atoms with van der Waals surface area (Å²) < 4.78 is 5.17. The van der Waals surface area contributed by atoms with Crippen molar-refractivity contribution in [1.82, 2.24) is 15.1 Å². The van der Waals surface area contributed by atoms with E-state index in [-0.39, 0.29) is 0 Å². The Morgan fingerprint density at radius 1 is 1.15 bits per heavy atom. The molecule has 2 heterocycles. The molecule has 2 aromatic heterocycles. The second-order valence-corrected chi connectivity index (χ2v) is 4.78. The number of hydrogen-bond donors (Lipinski definition) is 1. The minimum atomic E-state index is 0.323. The fourth-order valence-electron chi connectivity index (χ4n) is 1.68. The minimum Gasteiger partial charge on any atom is -0.352 e. The van der Waals surface area contributed by atoms with Crippen LogP contribution in [0.25, 0.3) is 22.8 Å². The van der Waals surface area contributed by atoms with Crippen molar-refractivity contribution in [3.05, 3.63) is 46.2 Å². The molecule has 0 saturated heterocycles. The van der Waals surface area contributed by atoms with E-state index in [1.807, 2.05) is 6.07 Å². The van der Waals surface area contributed by atoms with Crippen LogP contribution in [0.4, 0.5) is 0 Å². The van der Waals surface area contributed by atoms with Crippen LogP contribution in [-0.2, 0) is 0 Å². The molecule has 7 heteroatoms. The number of aromatic amines is 1. The Kier molecular flexibility index (Phi) is 3.18. The van der Waals surface area contributed by atoms with Crippen molar-refractivity contribution in [1.29, 1.82) is 5.26 Å². The Hall–Kier alpha value is -2.29. The third kappa shape index (κ3) is 2.27. The van der Waals surface area contributed by atoms with E-state index in [1.54, 1.807) is 30.5 Å². The number of benzene rings is 1. The molecule has 0 fully saturated rings. The zero-order valence-corrected chi connectivity index (χ0v) is 11.4. The standard InChI is InChI=1S/C13H6Cl2N4O/c14-10-2-1-7(4-11(10)15)12-18-13(20-19-12)8-3-9(5-16)17-6-8/h1-4,6,17H. The first kappa shape index (κ1) is 12.7. The van der Waals surface area contributed by atoms with E-state index in [0.29, 0.717) is 38.6 Å². The molecule has 1 N–H and O–H groups in total. The zero-order chi connectivity index (χ0) is 14.1. The van der Waals surface area contributed by atoms with Gasteiger partial charge >= 0.3 is 0 Å². The lowest BCUT2D eigenvalue weighted by molar-refractivity contribution is 0.432. The van der Waals surface area contributed by atoms with Gasteiger partial charge in [0.25, 0.3) is 5.89 Å². The Morgan fingerprint density at radius 2 is 2.00 bits per heavy atom. The number of nitrogens with one attached hydrogen (secondary N) is 1. The highest BCUT2D eigenvalue weighted by Crippen LogP contribution is 2.28. The number of H-pyrrole nitrogens is 1. The largest absolute Gasteiger partial charge is 0.352 e. The first-order valence-corrected chi connectivity index (χ1v) is 6.31. The maximum Gasteiger partial charge on any atom is 0.259 e. The van der Waals surface area contributed by atoms with Gasteiger partial charge < -0.3 is 9.51 Å². The van der Waals surface area contributed by atoms with E-state index in [1.165, 1.54) is 0 Å². The van der Waals surface area contributed by atoms with E-state index in [2.05, 4.69) is 15.1 Å². The predicted octanol–water partition coefficient (Wildman–Crippen LogP) is 3.91. The summed E-state index contributed by atoms with van der Waals surface area (Å²) in [6.07, 6.45) is 1.63. The van der Waals surface area contributed by atoms with Crippen molar-refractivity contribution < 1.29 is 4.52 Å². The molecule has 0 spiro atoms. The third-order valence-electron chi connectivity index (χ3n) is 2.65. The first-order chi connectivity index (χ1) is 9.67.